The third kappa shape index (κ3) is 3.93. The van der Waals surface area contributed by atoms with Crippen LogP contribution in [0.2, 0.25) is 0 Å². The van der Waals surface area contributed by atoms with Crippen molar-refractivity contribution in [2.24, 2.45) is 17.1 Å². The summed E-state index contributed by atoms with van der Waals surface area (Å²) in [6.45, 7) is 10.9. The van der Waals surface area contributed by atoms with Crippen LogP contribution >= 0.6 is 0 Å². The summed E-state index contributed by atoms with van der Waals surface area (Å²) < 4.78 is 5.30. The second-order valence-electron chi connectivity index (χ2n) is 7.48. The van der Waals surface area contributed by atoms with Gasteiger partial charge in [0, 0.05) is 25.2 Å². The molecule has 114 valence electrons. The maximum absolute atomic E-state index is 6.15. The van der Waals surface area contributed by atoms with Crippen molar-refractivity contribution in [1.82, 2.24) is 4.90 Å². The molecule has 1 saturated carbocycles. The molecule has 1 rings (SSSR count). The fourth-order valence-corrected chi connectivity index (χ4v) is 3.54. The van der Waals surface area contributed by atoms with Crippen LogP contribution in [0.3, 0.4) is 0 Å². The van der Waals surface area contributed by atoms with Crippen molar-refractivity contribution in [1.29, 1.82) is 0 Å². The maximum Gasteiger partial charge on any atom is 0.0615 e. The van der Waals surface area contributed by atoms with Crippen molar-refractivity contribution < 1.29 is 4.74 Å². The van der Waals surface area contributed by atoms with Crippen LogP contribution in [0.5, 0.6) is 0 Å². The number of nitrogens with zero attached hydrogens (tertiary/aromatic N) is 1. The Morgan fingerprint density at radius 3 is 2.21 bits per heavy atom. The van der Waals surface area contributed by atoms with Crippen LogP contribution in [-0.4, -0.2) is 43.8 Å². The first-order valence-electron chi connectivity index (χ1n) is 7.69. The average molecular weight is 270 g/mol. The van der Waals surface area contributed by atoms with E-state index in [0.717, 1.165) is 19.1 Å². The van der Waals surface area contributed by atoms with Crippen LogP contribution < -0.4 is 5.73 Å². The normalized spacial score (nSPS) is 30.6. The molecule has 1 aliphatic rings. The first-order chi connectivity index (χ1) is 8.77. The average Bonchev–Trinajstić information content (AvgIpc) is 2.37. The largest absolute Gasteiger partial charge is 0.383 e. The van der Waals surface area contributed by atoms with Gasteiger partial charge in [-0.1, -0.05) is 20.8 Å². The topological polar surface area (TPSA) is 38.5 Å². The predicted octanol–water partition coefficient (Wildman–Crippen LogP) is 2.89. The van der Waals surface area contributed by atoms with Gasteiger partial charge in [-0.3, -0.25) is 4.90 Å². The van der Waals surface area contributed by atoms with Gasteiger partial charge in [0.1, 0.15) is 0 Å². The minimum absolute atomic E-state index is 0.180. The molecule has 2 N–H and O–H groups in total. The quantitative estimate of drug-likeness (QED) is 0.835. The molecule has 1 unspecified atom stereocenters. The molecule has 19 heavy (non-hydrogen) atoms. The molecule has 1 fully saturated rings. The molecule has 0 aromatic carbocycles. The minimum Gasteiger partial charge on any atom is -0.383 e. The SMILES string of the molecule is COCC(C)N(C)C1(CN)CCC(C(C)(C)C)CC1. The van der Waals surface area contributed by atoms with E-state index in [1.54, 1.807) is 7.11 Å². The van der Waals surface area contributed by atoms with E-state index in [-0.39, 0.29) is 5.54 Å². The smallest absolute Gasteiger partial charge is 0.0615 e. The van der Waals surface area contributed by atoms with Crippen LogP contribution in [0.1, 0.15) is 53.4 Å². The van der Waals surface area contributed by atoms with E-state index in [2.05, 4.69) is 39.6 Å². The van der Waals surface area contributed by atoms with Gasteiger partial charge >= 0.3 is 0 Å². The fraction of sp³-hybridized carbons (Fsp3) is 1.00. The Morgan fingerprint density at radius 2 is 1.84 bits per heavy atom. The summed E-state index contributed by atoms with van der Waals surface area (Å²) in [6, 6.07) is 0.430. The molecule has 0 spiro atoms. The van der Waals surface area contributed by atoms with Crippen molar-refractivity contribution in [3.63, 3.8) is 0 Å². The van der Waals surface area contributed by atoms with Crippen molar-refractivity contribution >= 4 is 0 Å². The molecular weight excluding hydrogens is 236 g/mol. The lowest BCUT2D eigenvalue weighted by Crippen LogP contribution is -2.58. The van der Waals surface area contributed by atoms with E-state index in [0.29, 0.717) is 11.5 Å². The number of nitrogens with two attached hydrogens (primary N) is 1. The van der Waals surface area contributed by atoms with Crippen molar-refractivity contribution in [3.05, 3.63) is 0 Å². The molecule has 0 aliphatic heterocycles. The molecule has 3 heteroatoms. The lowest BCUT2D eigenvalue weighted by atomic mass is 9.66. The Labute approximate surface area is 119 Å². The van der Waals surface area contributed by atoms with Crippen molar-refractivity contribution in [2.45, 2.75) is 65.0 Å². The number of ether oxygens (including phenoxy) is 1. The number of hydrogen-bond donors (Lipinski definition) is 1. The van der Waals surface area contributed by atoms with Gasteiger partial charge in [0.15, 0.2) is 0 Å². The molecule has 0 bridgehead atoms. The van der Waals surface area contributed by atoms with E-state index >= 15 is 0 Å². The highest BCUT2D eigenvalue weighted by Crippen LogP contribution is 2.43. The summed E-state index contributed by atoms with van der Waals surface area (Å²) in [5, 5.41) is 0. The van der Waals surface area contributed by atoms with Crippen LogP contribution in [0.25, 0.3) is 0 Å². The number of methoxy groups -OCH3 is 1. The van der Waals surface area contributed by atoms with Crippen molar-refractivity contribution in [3.8, 4) is 0 Å². The van der Waals surface area contributed by atoms with Gasteiger partial charge in [0.05, 0.1) is 6.61 Å². The Hall–Kier alpha value is -0.120. The number of rotatable bonds is 5. The Morgan fingerprint density at radius 1 is 1.32 bits per heavy atom. The van der Waals surface area contributed by atoms with E-state index in [4.69, 9.17) is 10.5 Å². The Bertz CT molecular complexity index is 264. The molecular formula is C16H34N2O. The van der Waals surface area contributed by atoms with Crippen LogP contribution in [-0.2, 0) is 4.74 Å². The molecule has 0 aromatic heterocycles. The Kier molecular flexibility index (Phi) is 5.84. The fourth-order valence-electron chi connectivity index (χ4n) is 3.54. The summed E-state index contributed by atoms with van der Waals surface area (Å²) in [4.78, 5) is 2.47. The molecule has 0 saturated heterocycles. The molecule has 0 amide bonds. The van der Waals surface area contributed by atoms with Gasteiger partial charge in [0.2, 0.25) is 0 Å². The van der Waals surface area contributed by atoms with E-state index < -0.39 is 0 Å². The molecule has 1 aliphatic carbocycles. The van der Waals surface area contributed by atoms with Crippen LogP contribution in [0.4, 0.5) is 0 Å². The van der Waals surface area contributed by atoms with Gasteiger partial charge in [-0.2, -0.15) is 0 Å². The lowest BCUT2D eigenvalue weighted by Gasteiger charge is -2.50. The zero-order valence-electron chi connectivity index (χ0n) is 13.8. The van der Waals surface area contributed by atoms with Crippen molar-refractivity contribution in [2.75, 3.05) is 27.3 Å². The van der Waals surface area contributed by atoms with E-state index in [1.165, 1.54) is 25.7 Å². The summed E-state index contributed by atoms with van der Waals surface area (Å²) in [7, 11) is 3.99. The summed E-state index contributed by atoms with van der Waals surface area (Å²) >= 11 is 0. The molecule has 3 nitrogen and oxygen atoms in total. The molecule has 0 radical (unpaired) electrons. The second-order valence-corrected chi connectivity index (χ2v) is 7.48. The number of hydrogen-bond acceptors (Lipinski definition) is 3. The van der Waals surface area contributed by atoms with E-state index in [9.17, 15) is 0 Å². The van der Waals surface area contributed by atoms with Crippen LogP contribution in [0.15, 0.2) is 0 Å². The highest BCUT2D eigenvalue weighted by atomic mass is 16.5. The van der Waals surface area contributed by atoms with Gasteiger partial charge in [0.25, 0.3) is 0 Å². The third-order valence-corrected chi connectivity index (χ3v) is 5.34. The monoisotopic (exact) mass is 270 g/mol. The number of likely N-dealkylation sites (N-methyl/N-ethyl adjacent to an activating group) is 1. The zero-order chi connectivity index (χ0) is 14.7. The zero-order valence-corrected chi connectivity index (χ0v) is 13.8. The summed E-state index contributed by atoms with van der Waals surface area (Å²) in [5.41, 5.74) is 6.75. The Balaban J connectivity index is 2.69. The van der Waals surface area contributed by atoms with Gasteiger partial charge in [-0.25, -0.2) is 0 Å². The minimum atomic E-state index is 0.180. The van der Waals surface area contributed by atoms with Gasteiger partial charge in [-0.05, 0) is 51.0 Å². The molecule has 1 atom stereocenters. The third-order valence-electron chi connectivity index (χ3n) is 5.34. The standard InChI is InChI=1S/C16H34N2O/c1-13(11-19-6)18(5)16(12-17)9-7-14(8-10-16)15(2,3)4/h13-14H,7-12,17H2,1-6H3. The first kappa shape index (κ1) is 16.9. The predicted molar refractivity (Wildman–Crippen MR) is 82.3 cm³/mol. The first-order valence-corrected chi connectivity index (χ1v) is 7.69. The summed E-state index contributed by atoms with van der Waals surface area (Å²) in [5.74, 6) is 0.832. The highest BCUT2D eigenvalue weighted by Gasteiger charge is 2.41. The molecule has 0 aromatic rings. The van der Waals surface area contributed by atoms with Gasteiger partial charge in [-0.15, -0.1) is 0 Å². The van der Waals surface area contributed by atoms with Gasteiger partial charge < -0.3 is 10.5 Å². The molecule has 0 heterocycles. The summed E-state index contributed by atoms with van der Waals surface area (Å²) in [6.07, 6.45) is 5.03. The van der Waals surface area contributed by atoms with E-state index in [1.807, 2.05) is 0 Å². The highest BCUT2D eigenvalue weighted by molar-refractivity contribution is 4.98. The van der Waals surface area contributed by atoms with Crippen LogP contribution in [0, 0.1) is 11.3 Å². The second kappa shape index (κ2) is 6.55. The lowest BCUT2D eigenvalue weighted by molar-refractivity contribution is -0.00583. The maximum atomic E-state index is 6.15.